The molecule has 0 atom stereocenters. The number of hydrogen-bond donors (Lipinski definition) is 1. The molecule has 2 aromatic rings. The van der Waals surface area contributed by atoms with Crippen molar-refractivity contribution in [1.82, 2.24) is 10.2 Å². The molecule has 1 aliphatic heterocycles. The molecule has 1 heterocycles. The monoisotopic (exact) mass is 496 g/mol. The molecule has 0 aromatic heterocycles. The van der Waals surface area contributed by atoms with Gasteiger partial charge in [0.1, 0.15) is 11.4 Å². The van der Waals surface area contributed by atoms with Crippen LogP contribution in [0.1, 0.15) is 67.9 Å². The number of nitrogens with zero attached hydrogens (tertiary/aromatic N) is 1. The van der Waals surface area contributed by atoms with Gasteiger partial charge in [-0.25, -0.2) is 9.59 Å². The molecule has 0 spiro atoms. The van der Waals surface area contributed by atoms with Gasteiger partial charge < -0.3 is 24.4 Å². The second kappa shape index (κ2) is 12.4. The summed E-state index contributed by atoms with van der Waals surface area (Å²) in [6.07, 6.45) is 1.31. The first-order valence-corrected chi connectivity index (χ1v) is 12.4. The molecule has 0 saturated carbocycles. The van der Waals surface area contributed by atoms with Crippen LogP contribution < -0.4 is 10.1 Å². The molecule has 1 N–H and O–H groups in total. The van der Waals surface area contributed by atoms with E-state index in [-0.39, 0.29) is 12.5 Å². The van der Waals surface area contributed by atoms with Crippen LogP contribution in [0.5, 0.6) is 5.75 Å². The van der Waals surface area contributed by atoms with Crippen molar-refractivity contribution in [2.75, 3.05) is 26.3 Å². The highest BCUT2D eigenvalue weighted by atomic mass is 16.6. The van der Waals surface area contributed by atoms with Gasteiger partial charge in [-0.3, -0.25) is 4.79 Å². The second-order valence-electron chi connectivity index (χ2n) is 9.79. The van der Waals surface area contributed by atoms with E-state index in [1.807, 2.05) is 37.8 Å². The smallest absolute Gasteiger partial charge is 0.407 e. The van der Waals surface area contributed by atoms with Crippen molar-refractivity contribution >= 4 is 18.0 Å². The van der Waals surface area contributed by atoms with E-state index in [1.54, 1.807) is 31.2 Å². The van der Waals surface area contributed by atoms with E-state index in [2.05, 4.69) is 17.4 Å². The Morgan fingerprint density at radius 2 is 1.72 bits per heavy atom. The van der Waals surface area contributed by atoms with Crippen molar-refractivity contribution in [3.8, 4) is 5.75 Å². The van der Waals surface area contributed by atoms with Crippen molar-refractivity contribution < 1.29 is 28.6 Å². The zero-order valence-corrected chi connectivity index (χ0v) is 21.5. The molecule has 0 radical (unpaired) electrons. The van der Waals surface area contributed by atoms with Crippen LogP contribution in [-0.2, 0) is 20.8 Å². The van der Waals surface area contributed by atoms with Gasteiger partial charge in [-0.05, 0) is 81.8 Å². The van der Waals surface area contributed by atoms with E-state index in [0.29, 0.717) is 43.5 Å². The van der Waals surface area contributed by atoms with E-state index in [9.17, 15) is 14.4 Å². The number of carbonyl (C=O) groups excluding carboxylic acids is 3. The van der Waals surface area contributed by atoms with Crippen molar-refractivity contribution in [2.24, 2.45) is 0 Å². The average Bonchev–Trinajstić information content (AvgIpc) is 2.86. The van der Waals surface area contributed by atoms with Gasteiger partial charge in [0.15, 0.2) is 6.61 Å². The zero-order valence-electron chi connectivity index (χ0n) is 21.5. The molecule has 8 heteroatoms. The predicted octanol–water partition coefficient (Wildman–Crippen LogP) is 4.67. The lowest BCUT2D eigenvalue weighted by atomic mass is 9.88. The molecule has 0 aliphatic carbocycles. The maximum Gasteiger partial charge on any atom is 0.407 e. The maximum absolute atomic E-state index is 13.0. The molecule has 1 saturated heterocycles. The molecule has 0 bridgehead atoms. The Balaban J connectivity index is 1.49. The third-order valence-electron chi connectivity index (χ3n) is 5.80. The highest BCUT2D eigenvalue weighted by Crippen LogP contribution is 2.29. The molecule has 194 valence electrons. The topological polar surface area (TPSA) is 94.2 Å². The van der Waals surface area contributed by atoms with Crippen molar-refractivity contribution in [1.29, 1.82) is 0 Å². The van der Waals surface area contributed by atoms with E-state index in [1.165, 1.54) is 5.56 Å². The number of nitrogens with one attached hydrogen (secondary N) is 1. The van der Waals surface area contributed by atoms with E-state index >= 15 is 0 Å². The fraction of sp³-hybridized carbons (Fsp3) is 0.464. The summed E-state index contributed by atoms with van der Waals surface area (Å²) in [5, 5.41) is 2.80. The molecule has 8 nitrogen and oxygen atoms in total. The molecule has 2 amide bonds. The zero-order chi connectivity index (χ0) is 26.1. The summed E-state index contributed by atoms with van der Waals surface area (Å²) in [5.41, 5.74) is 2.29. The molecule has 36 heavy (non-hydrogen) atoms. The number of ether oxygens (including phenoxy) is 3. The van der Waals surface area contributed by atoms with Crippen LogP contribution in [0.2, 0.25) is 0 Å². The largest absolute Gasteiger partial charge is 0.482 e. The lowest BCUT2D eigenvalue weighted by Crippen LogP contribution is -2.37. The highest BCUT2D eigenvalue weighted by Gasteiger charge is 2.25. The highest BCUT2D eigenvalue weighted by molar-refractivity contribution is 5.94. The minimum absolute atomic E-state index is 0.0132. The van der Waals surface area contributed by atoms with Crippen molar-refractivity contribution in [3.63, 3.8) is 0 Å². The summed E-state index contributed by atoms with van der Waals surface area (Å²) < 4.78 is 15.5. The summed E-state index contributed by atoms with van der Waals surface area (Å²) in [6.45, 7) is 9.14. The van der Waals surface area contributed by atoms with Gasteiger partial charge in [-0.1, -0.05) is 24.3 Å². The lowest BCUT2D eigenvalue weighted by molar-refractivity contribution is -0.145. The maximum atomic E-state index is 13.0. The summed E-state index contributed by atoms with van der Waals surface area (Å²) in [4.78, 5) is 38.2. The number of rotatable bonds is 8. The first kappa shape index (κ1) is 27.0. The Labute approximate surface area is 212 Å². The Kier molecular flexibility index (Phi) is 9.33. The van der Waals surface area contributed by atoms with Crippen LogP contribution in [0.15, 0.2) is 48.5 Å². The predicted molar refractivity (Wildman–Crippen MR) is 136 cm³/mol. The molecular weight excluding hydrogens is 460 g/mol. The van der Waals surface area contributed by atoms with Gasteiger partial charge in [-0.2, -0.15) is 0 Å². The minimum Gasteiger partial charge on any atom is -0.482 e. The number of benzene rings is 2. The van der Waals surface area contributed by atoms with Crippen LogP contribution in [0.25, 0.3) is 0 Å². The van der Waals surface area contributed by atoms with E-state index < -0.39 is 17.7 Å². The number of carbonyl (C=O) groups is 3. The van der Waals surface area contributed by atoms with Gasteiger partial charge >= 0.3 is 12.1 Å². The summed E-state index contributed by atoms with van der Waals surface area (Å²) in [7, 11) is 0. The van der Waals surface area contributed by atoms with Gasteiger partial charge in [0, 0.05) is 25.2 Å². The molecular formula is C28H36N2O6. The third kappa shape index (κ3) is 8.29. The number of amides is 2. The fourth-order valence-electron chi connectivity index (χ4n) is 4.08. The number of hydrogen-bond acceptors (Lipinski definition) is 6. The van der Waals surface area contributed by atoms with Crippen LogP contribution in [0.3, 0.4) is 0 Å². The van der Waals surface area contributed by atoms with Crippen LogP contribution in [0.4, 0.5) is 4.79 Å². The average molecular weight is 497 g/mol. The Morgan fingerprint density at radius 3 is 2.36 bits per heavy atom. The number of piperidine rings is 1. The van der Waals surface area contributed by atoms with Crippen LogP contribution in [-0.4, -0.2) is 54.8 Å². The van der Waals surface area contributed by atoms with Crippen LogP contribution >= 0.6 is 0 Å². The number of likely N-dealkylation sites (tertiary alicyclic amines) is 1. The van der Waals surface area contributed by atoms with Gasteiger partial charge in [0.05, 0.1) is 6.61 Å². The summed E-state index contributed by atoms with van der Waals surface area (Å²) in [5.74, 6) is 0.430. The lowest BCUT2D eigenvalue weighted by Gasteiger charge is -2.32. The quantitative estimate of drug-likeness (QED) is 0.534. The van der Waals surface area contributed by atoms with E-state index in [4.69, 9.17) is 14.2 Å². The van der Waals surface area contributed by atoms with Gasteiger partial charge in [0.25, 0.3) is 5.91 Å². The Hall–Kier alpha value is -3.55. The molecule has 0 unspecified atom stereocenters. The molecule has 1 aliphatic rings. The third-order valence-corrected chi connectivity index (χ3v) is 5.80. The van der Waals surface area contributed by atoms with Gasteiger partial charge in [0.2, 0.25) is 0 Å². The first-order valence-electron chi connectivity index (χ1n) is 12.4. The number of esters is 1. The standard InChI is InChI=1S/C28H36N2O6/c1-5-34-25(31)19-35-24-11-9-22(10-12-24)26(32)30-15-13-21(14-16-30)23-8-6-7-20(17-23)18-29-27(33)36-28(2,3)4/h6-12,17,21H,5,13-16,18-19H2,1-4H3,(H,29,33). The Bertz CT molecular complexity index is 1040. The Morgan fingerprint density at radius 1 is 1.03 bits per heavy atom. The summed E-state index contributed by atoms with van der Waals surface area (Å²) in [6, 6.07) is 15.0. The number of alkyl carbamates (subject to hydrolysis) is 1. The second-order valence-corrected chi connectivity index (χ2v) is 9.79. The first-order chi connectivity index (χ1) is 17.1. The molecule has 2 aromatic carbocycles. The normalized spacial score (nSPS) is 14.2. The fourth-order valence-corrected chi connectivity index (χ4v) is 4.08. The molecule has 3 rings (SSSR count). The van der Waals surface area contributed by atoms with Crippen molar-refractivity contribution in [2.45, 2.75) is 58.6 Å². The summed E-state index contributed by atoms with van der Waals surface area (Å²) >= 11 is 0. The van der Waals surface area contributed by atoms with Crippen LogP contribution in [0, 0.1) is 0 Å². The minimum atomic E-state index is -0.530. The van der Waals surface area contributed by atoms with E-state index in [0.717, 1.165) is 18.4 Å². The molecule has 1 fully saturated rings. The van der Waals surface area contributed by atoms with Crippen molar-refractivity contribution in [3.05, 3.63) is 65.2 Å². The van der Waals surface area contributed by atoms with Gasteiger partial charge in [-0.15, -0.1) is 0 Å². The SMILES string of the molecule is CCOC(=O)COc1ccc(C(=O)N2CCC(c3cccc(CNC(=O)OC(C)(C)C)c3)CC2)cc1.